The van der Waals surface area contributed by atoms with E-state index in [-0.39, 0.29) is 24.5 Å². The number of carbonyl (C=O) groups is 1. The Kier molecular flexibility index (Phi) is 4.53. The van der Waals surface area contributed by atoms with Crippen LogP contribution in [0.1, 0.15) is 5.56 Å². The molecule has 0 atom stereocenters. The normalized spacial score (nSPS) is 16.7. The summed E-state index contributed by atoms with van der Waals surface area (Å²) in [5, 5.41) is 10.7. The molecule has 1 fully saturated rings. The van der Waals surface area contributed by atoms with Gasteiger partial charge in [-0.3, -0.25) is 14.9 Å². The Balaban J connectivity index is 2.09. The summed E-state index contributed by atoms with van der Waals surface area (Å²) in [4.78, 5) is 22.3. The molecule has 0 aliphatic carbocycles. The van der Waals surface area contributed by atoms with Crippen LogP contribution in [0.25, 0.3) is 0 Å². The third-order valence-corrected chi connectivity index (χ3v) is 5.14. The minimum absolute atomic E-state index is 0.131. The average Bonchev–Trinajstić information content (AvgIpc) is 2.47. The Hall–Kier alpha value is -2.00. The monoisotopic (exact) mass is 313 g/mol. The molecule has 1 saturated heterocycles. The molecule has 0 bridgehead atoms. The Morgan fingerprint density at radius 3 is 2.48 bits per heavy atom. The van der Waals surface area contributed by atoms with Gasteiger partial charge in [0.25, 0.3) is 5.69 Å². The second-order valence-electron chi connectivity index (χ2n) is 4.72. The number of nitro groups is 1. The van der Waals surface area contributed by atoms with E-state index in [9.17, 15) is 23.3 Å². The molecule has 8 nitrogen and oxygen atoms in total. The molecule has 0 spiro atoms. The molecule has 1 aliphatic heterocycles. The molecule has 1 aromatic carbocycles. The number of rotatable bonds is 5. The van der Waals surface area contributed by atoms with Crippen molar-refractivity contribution in [2.75, 3.05) is 26.2 Å². The summed E-state index contributed by atoms with van der Waals surface area (Å²) in [5.41, 5.74) is 0.246. The maximum Gasteiger partial charge on any atom is 0.269 e. The largest absolute Gasteiger partial charge is 0.343 e. The minimum Gasteiger partial charge on any atom is -0.343 e. The zero-order valence-electron chi connectivity index (χ0n) is 11.2. The highest BCUT2D eigenvalue weighted by Gasteiger charge is 2.26. The molecule has 0 aromatic heterocycles. The zero-order valence-corrected chi connectivity index (χ0v) is 12.0. The van der Waals surface area contributed by atoms with Gasteiger partial charge in [-0.2, -0.15) is 4.31 Å². The second kappa shape index (κ2) is 6.19. The Morgan fingerprint density at radius 2 is 1.90 bits per heavy atom. The molecule has 1 heterocycles. The smallest absolute Gasteiger partial charge is 0.269 e. The van der Waals surface area contributed by atoms with Crippen molar-refractivity contribution in [2.24, 2.45) is 0 Å². The van der Waals surface area contributed by atoms with Crippen molar-refractivity contribution in [1.82, 2.24) is 9.21 Å². The fourth-order valence-corrected chi connectivity index (χ4v) is 3.65. The lowest BCUT2D eigenvalue weighted by Gasteiger charge is -2.31. The van der Waals surface area contributed by atoms with Crippen LogP contribution in [0.15, 0.2) is 24.3 Å². The maximum absolute atomic E-state index is 12.3. The number of hydrogen-bond donors (Lipinski definition) is 0. The average molecular weight is 313 g/mol. The highest BCUT2D eigenvalue weighted by molar-refractivity contribution is 7.88. The van der Waals surface area contributed by atoms with Crippen LogP contribution < -0.4 is 0 Å². The van der Waals surface area contributed by atoms with Gasteiger partial charge in [0.2, 0.25) is 16.4 Å². The van der Waals surface area contributed by atoms with Crippen LogP contribution in [0, 0.1) is 10.1 Å². The lowest BCUT2D eigenvalue weighted by molar-refractivity contribution is -0.384. The van der Waals surface area contributed by atoms with Crippen molar-refractivity contribution in [3.63, 3.8) is 0 Å². The van der Waals surface area contributed by atoms with E-state index in [1.54, 1.807) is 6.07 Å². The Morgan fingerprint density at radius 1 is 1.24 bits per heavy atom. The number of nitrogens with zero attached hydrogens (tertiary/aromatic N) is 3. The summed E-state index contributed by atoms with van der Waals surface area (Å²) in [6.07, 6.45) is 0.699. The first-order valence-corrected chi connectivity index (χ1v) is 7.94. The highest BCUT2D eigenvalue weighted by atomic mass is 32.2. The topological polar surface area (TPSA) is 101 Å². The molecule has 114 valence electrons. The van der Waals surface area contributed by atoms with Gasteiger partial charge in [-0.05, 0) is 5.56 Å². The standard InChI is InChI=1S/C12H15N3O5S/c16-10-13-4-6-14(7-5-13)21(19,20)9-11-2-1-3-12(8-11)15(17)18/h1-3,8,10H,4-7,9H2. The summed E-state index contributed by atoms with van der Waals surface area (Å²) in [7, 11) is -3.54. The molecular formula is C12H15N3O5S. The quantitative estimate of drug-likeness (QED) is 0.439. The van der Waals surface area contributed by atoms with E-state index < -0.39 is 14.9 Å². The number of sulfonamides is 1. The first-order chi connectivity index (χ1) is 9.92. The Bertz CT molecular complexity index is 638. The maximum atomic E-state index is 12.3. The van der Waals surface area contributed by atoms with E-state index in [1.165, 1.54) is 27.4 Å². The van der Waals surface area contributed by atoms with Gasteiger partial charge in [0.1, 0.15) is 0 Å². The predicted molar refractivity (Wildman–Crippen MR) is 74.9 cm³/mol. The highest BCUT2D eigenvalue weighted by Crippen LogP contribution is 2.17. The fourth-order valence-electron chi connectivity index (χ4n) is 2.15. The summed E-state index contributed by atoms with van der Waals surface area (Å²) >= 11 is 0. The molecule has 21 heavy (non-hydrogen) atoms. The molecule has 1 aliphatic rings. The van der Waals surface area contributed by atoms with Crippen molar-refractivity contribution < 1.29 is 18.1 Å². The van der Waals surface area contributed by atoms with E-state index in [2.05, 4.69) is 0 Å². The van der Waals surface area contributed by atoms with Gasteiger partial charge in [0.15, 0.2) is 0 Å². The Labute approximate surface area is 122 Å². The van der Waals surface area contributed by atoms with Crippen LogP contribution in [-0.4, -0.2) is 55.1 Å². The van der Waals surface area contributed by atoms with Crippen molar-refractivity contribution in [1.29, 1.82) is 0 Å². The number of piperazine rings is 1. The van der Waals surface area contributed by atoms with E-state index >= 15 is 0 Å². The molecule has 0 N–H and O–H groups in total. The van der Waals surface area contributed by atoms with E-state index in [0.29, 0.717) is 25.1 Å². The van der Waals surface area contributed by atoms with Gasteiger partial charge < -0.3 is 4.90 Å². The number of amides is 1. The SMILES string of the molecule is O=CN1CCN(S(=O)(=O)Cc2cccc([N+](=O)[O-])c2)CC1. The molecule has 0 unspecified atom stereocenters. The second-order valence-corrected chi connectivity index (χ2v) is 6.69. The first-order valence-electron chi connectivity index (χ1n) is 6.33. The van der Waals surface area contributed by atoms with Crippen LogP contribution in [-0.2, 0) is 20.6 Å². The summed E-state index contributed by atoms with van der Waals surface area (Å²) in [6.45, 7) is 1.21. The molecule has 1 amide bonds. The van der Waals surface area contributed by atoms with Gasteiger partial charge in [-0.1, -0.05) is 12.1 Å². The molecule has 0 radical (unpaired) electrons. The third kappa shape index (κ3) is 3.76. The van der Waals surface area contributed by atoms with Crippen LogP contribution in [0.4, 0.5) is 5.69 Å². The van der Waals surface area contributed by atoms with Crippen molar-refractivity contribution in [2.45, 2.75) is 5.75 Å². The molecule has 9 heteroatoms. The third-order valence-electron chi connectivity index (χ3n) is 3.29. The number of hydrogen-bond acceptors (Lipinski definition) is 5. The van der Waals surface area contributed by atoms with Gasteiger partial charge in [0, 0.05) is 38.3 Å². The number of benzene rings is 1. The summed E-state index contributed by atoms with van der Waals surface area (Å²) in [5.74, 6) is -0.282. The summed E-state index contributed by atoms with van der Waals surface area (Å²) < 4.78 is 25.9. The molecule has 1 aromatic rings. The van der Waals surface area contributed by atoms with E-state index in [4.69, 9.17) is 0 Å². The van der Waals surface area contributed by atoms with Crippen molar-refractivity contribution in [3.05, 3.63) is 39.9 Å². The van der Waals surface area contributed by atoms with Crippen molar-refractivity contribution in [3.8, 4) is 0 Å². The van der Waals surface area contributed by atoms with Crippen LogP contribution in [0.5, 0.6) is 0 Å². The molecule has 0 saturated carbocycles. The van der Waals surface area contributed by atoms with Gasteiger partial charge in [0.05, 0.1) is 10.7 Å². The minimum atomic E-state index is -3.54. The zero-order chi connectivity index (χ0) is 15.5. The molecular weight excluding hydrogens is 298 g/mol. The first kappa shape index (κ1) is 15.4. The number of carbonyl (C=O) groups excluding carboxylic acids is 1. The predicted octanol–water partition coefficient (Wildman–Crippen LogP) is 0.199. The number of nitro benzene ring substituents is 1. The summed E-state index contributed by atoms with van der Waals surface area (Å²) in [6, 6.07) is 5.59. The van der Waals surface area contributed by atoms with Crippen LogP contribution >= 0.6 is 0 Å². The van der Waals surface area contributed by atoms with Gasteiger partial charge >= 0.3 is 0 Å². The molecule has 2 rings (SSSR count). The fraction of sp³-hybridized carbons (Fsp3) is 0.417. The van der Waals surface area contributed by atoms with E-state index in [1.807, 2.05) is 0 Å². The van der Waals surface area contributed by atoms with E-state index in [0.717, 1.165) is 0 Å². The van der Waals surface area contributed by atoms with Gasteiger partial charge in [-0.25, -0.2) is 8.42 Å². The lowest BCUT2D eigenvalue weighted by atomic mass is 10.2. The number of non-ortho nitro benzene ring substituents is 1. The van der Waals surface area contributed by atoms with Crippen molar-refractivity contribution >= 4 is 22.1 Å². The van der Waals surface area contributed by atoms with Crippen LogP contribution in [0.2, 0.25) is 0 Å². The van der Waals surface area contributed by atoms with Crippen LogP contribution in [0.3, 0.4) is 0 Å². The van der Waals surface area contributed by atoms with Gasteiger partial charge in [-0.15, -0.1) is 0 Å². The lowest BCUT2D eigenvalue weighted by Crippen LogP contribution is -2.48.